The number of aryl methyl sites for hydroxylation is 1. The van der Waals surface area contributed by atoms with Gasteiger partial charge in [0.15, 0.2) is 0 Å². The molecule has 16 heteroatoms. The smallest absolute Gasteiger partial charge is 0.269 e. The highest BCUT2D eigenvalue weighted by molar-refractivity contribution is 6.03. The summed E-state index contributed by atoms with van der Waals surface area (Å²) in [4.78, 5) is 50.5. The van der Waals surface area contributed by atoms with E-state index in [-0.39, 0.29) is 75.1 Å². The number of allylic oxidation sites excluding steroid dienone is 1. The summed E-state index contributed by atoms with van der Waals surface area (Å²) in [6.45, 7) is 6.44. The third-order valence-electron chi connectivity index (χ3n) is 14.9. The maximum atomic E-state index is 15.6. The normalized spacial score (nSPS) is 20.9. The summed E-state index contributed by atoms with van der Waals surface area (Å²) in [7, 11) is 0. The van der Waals surface area contributed by atoms with Gasteiger partial charge in [-0.25, -0.2) is 0 Å². The first kappa shape index (κ1) is 53.8. The highest BCUT2D eigenvalue weighted by Crippen LogP contribution is 2.62. The molecule has 1 fully saturated rings. The van der Waals surface area contributed by atoms with Crippen molar-refractivity contribution in [1.82, 2.24) is 9.88 Å². The van der Waals surface area contributed by atoms with Crippen LogP contribution in [0.2, 0.25) is 0 Å². The minimum absolute atomic E-state index is 0.0121. The van der Waals surface area contributed by atoms with Gasteiger partial charge >= 0.3 is 0 Å². The van der Waals surface area contributed by atoms with Crippen LogP contribution >= 0.6 is 0 Å². The number of carbonyl (C=O) groups excluding carboxylic acids is 1. The second kappa shape index (κ2) is 24.7. The number of hydrogen-bond donors (Lipinski definition) is 2. The van der Waals surface area contributed by atoms with Gasteiger partial charge in [-0.2, -0.15) is 0 Å². The van der Waals surface area contributed by atoms with Crippen LogP contribution in [0.4, 0.5) is 11.4 Å². The molecule has 0 radical (unpaired) electrons. The fourth-order valence-electron chi connectivity index (χ4n) is 11.4. The van der Waals surface area contributed by atoms with Crippen LogP contribution in [0.25, 0.3) is 16.8 Å². The Labute approximate surface area is 447 Å². The Morgan fingerprint density at radius 3 is 2.31 bits per heavy atom. The molecule has 2 N–H and O–H groups in total. The summed E-state index contributed by atoms with van der Waals surface area (Å²) < 4.78 is 21.3. The number of nitro benzene ring substituents is 2. The molecule has 3 aliphatic rings. The van der Waals surface area contributed by atoms with Crippen molar-refractivity contribution in [3.63, 3.8) is 0 Å². The van der Waals surface area contributed by atoms with Crippen molar-refractivity contribution >= 4 is 39.8 Å². The zero-order valence-electron chi connectivity index (χ0n) is 43.0. The Morgan fingerprint density at radius 2 is 1.58 bits per heavy atom. The molecule has 0 saturated heterocycles. The van der Waals surface area contributed by atoms with Gasteiger partial charge in [0, 0.05) is 73.7 Å². The number of non-ortho nitro benzene ring substituents is 2. The van der Waals surface area contributed by atoms with Crippen molar-refractivity contribution in [1.29, 1.82) is 0 Å². The monoisotopic (exact) mass is 1040 g/mol. The van der Waals surface area contributed by atoms with Crippen molar-refractivity contribution in [2.45, 2.75) is 89.4 Å². The van der Waals surface area contributed by atoms with E-state index < -0.39 is 33.5 Å². The van der Waals surface area contributed by atoms with Gasteiger partial charge in [-0.1, -0.05) is 78.7 Å². The van der Waals surface area contributed by atoms with Crippen LogP contribution in [0.5, 0.6) is 11.5 Å². The average Bonchev–Trinajstić information content (AvgIpc) is 3.59. The molecule has 1 saturated carbocycles. The third-order valence-corrected chi connectivity index (χ3v) is 14.9. The molecule has 16 nitrogen and oxygen atoms in total. The average molecular weight is 1040 g/mol. The van der Waals surface area contributed by atoms with E-state index in [9.17, 15) is 30.4 Å². The highest BCUT2D eigenvalue weighted by Gasteiger charge is 2.65. The van der Waals surface area contributed by atoms with E-state index in [2.05, 4.69) is 17.6 Å². The van der Waals surface area contributed by atoms with E-state index in [0.717, 1.165) is 64.5 Å². The number of nitrogens with zero attached hydrogens (tertiary/aromatic N) is 5. The molecular formula is C61H63N5O11. The summed E-state index contributed by atoms with van der Waals surface area (Å²) in [6.07, 6.45) is 11.2. The maximum Gasteiger partial charge on any atom is 0.269 e. The zero-order chi connectivity index (χ0) is 53.9. The van der Waals surface area contributed by atoms with Crippen molar-refractivity contribution in [3.05, 3.63) is 212 Å². The van der Waals surface area contributed by atoms with Gasteiger partial charge < -0.3 is 34.2 Å². The number of fused-ring (bicyclic) bond motifs is 3. The molecule has 9 rings (SSSR count). The molecule has 0 unspecified atom stereocenters. The zero-order valence-corrected chi connectivity index (χ0v) is 43.0. The number of oxime groups is 1. The Morgan fingerprint density at radius 1 is 0.870 bits per heavy atom. The van der Waals surface area contributed by atoms with Gasteiger partial charge in [0.05, 0.1) is 33.8 Å². The van der Waals surface area contributed by atoms with Crippen LogP contribution in [0.15, 0.2) is 163 Å². The molecular weight excluding hydrogens is 979 g/mol. The summed E-state index contributed by atoms with van der Waals surface area (Å²) >= 11 is 0. The minimum Gasteiger partial charge on any atom is -0.487 e. The van der Waals surface area contributed by atoms with Gasteiger partial charge in [-0.05, 0) is 138 Å². The van der Waals surface area contributed by atoms with E-state index in [1.165, 1.54) is 30.3 Å². The molecule has 1 amide bonds. The summed E-state index contributed by atoms with van der Waals surface area (Å²) in [5.74, 6) is -1.94. The number of ether oxygens (including phenoxy) is 3. The predicted molar refractivity (Wildman–Crippen MR) is 293 cm³/mol. The van der Waals surface area contributed by atoms with Crippen LogP contribution in [-0.4, -0.2) is 73.2 Å². The number of benzene rings is 5. The third kappa shape index (κ3) is 12.2. The van der Waals surface area contributed by atoms with Gasteiger partial charge in [0.25, 0.3) is 11.4 Å². The Balaban J connectivity index is 1.25. The van der Waals surface area contributed by atoms with Gasteiger partial charge in [0.1, 0.15) is 30.8 Å². The van der Waals surface area contributed by atoms with Crippen molar-refractivity contribution in [3.8, 4) is 11.5 Å². The maximum absolute atomic E-state index is 15.6. The SMILES string of the molecule is C=CCO[C@@]12Oc3ccc(OCc4cccc(C)n4)cc3[C@H]3[C@H](CCCCO)[C@@H](CCCCO)C=C(C(=NOCc4ccc([N+](=O)[O-])cc4)C[C@@H]1N(Cc1cccc4ccccc14)C(=O)C=Cc1ccc([N+](=O)[O-])cc1)[C@H]32. The summed E-state index contributed by atoms with van der Waals surface area (Å²) in [5.41, 5.74) is 5.87. The van der Waals surface area contributed by atoms with Crippen LogP contribution in [0.3, 0.4) is 0 Å². The number of amides is 1. The van der Waals surface area contributed by atoms with E-state index in [1.54, 1.807) is 41.3 Å². The van der Waals surface area contributed by atoms with E-state index in [1.807, 2.05) is 85.8 Å². The van der Waals surface area contributed by atoms with Crippen molar-refractivity contribution < 1.29 is 43.9 Å². The van der Waals surface area contributed by atoms with E-state index in [0.29, 0.717) is 41.2 Å². The molecule has 77 heavy (non-hydrogen) atoms. The lowest BCUT2D eigenvalue weighted by molar-refractivity contribution is -0.385. The number of carbonyl (C=O) groups is 1. The Bertz CT molecular complexity index is 3170. The van der Waals surface area contributed by atoms with Gasteiger partial charge in [0.2, 0.25) is 11.7 Å². The number of aliphatic hydroxyl groups excluding tert-OH is 2. The van der Waals surface area contributed by atoms with Crippen LogP contribution in [0.1, 0.15) is 84.5 Å². The second-order valence-corrected chi connectivity index (χ2v) is 19.8. The summed E-state index contributed by atoms with van der Waals surface area (Å²) in [6, 6.07) is 36.7. The molecule has 6 aromatic rings. The number of hydrogen-bond acceptors (Lipinski definition) is 13. The van der Waals surface area contributed by atoms with Crippen LogP contribution in [-0.2, 0) is 34.1 Å². The first-order chi connectivity index (χ1) is 37.5. The molecule has 1 aromatic heterocycles. The standard InChI is InChI=1S/C61H63N5O11/c1-3-34-75-61-57(64(38-46-16-11-15-44-13-4-5-18-51(44)46)58(69)31-24-42-20-25-48(26-21-42)65(70)71)37-55(63-76-39-43-22-27-49(28-23-43)66(72)73)53-35-45(14-6-8-32-67)52(19-7-9-33-68)59(60(53)61)54-36-50(29-30-56(54)77-61)74-40-47-17-10-12-41(2)62-47/h3-5,10-13,15-18,20-31,35-36,45,52,57,59-60,67-68H,1,6-9,14,19,32-34,37-40H2,2H3/t45-,52+,57-,59+,60+,61+/m0/s1. The number of rotatable bonds is 24. The van der Waals surface area contributed by atoms with Crippen molar-refractivity contribution in [2.75, 3.05) is 19.8 Å². The molecule has 2 aliphatic carbocycles. The number of unbranched alkanes of at least 4 members (excludes halogenated alkanes) is 2. The molecule has 6 atom stereocenters. The molecule has 1 aliphatic heterocycles. The quantitative estimate of drug-likeness (QED) is 0.0191. The molecule has 0 spiro atoms. The van der Waals surface area contributed by atoms with Gasteiger partial charge in [-0.15, -0.1) is 6.58 Å². The first-order valence-electron chi connectivity index (χ1n) is 26.2. The number of nitro groups is 2. The fraction of sp³-hybridized carbons (Fsp3) is 0.328. The van der Waals surface area contributed by atoms with Crippen LogP contribution < -0.4 is 9.47 Å². The number of pyridine rings is 1. The van der Waals surface area contributed by atoms with Crippen LogP contribution in [0, 0.1) is 44.9 Å². The lowest BCUT2D eigenvalue weighted by Gasteiger charge is -2.60. The van der Waals surface area contributed by atoms with E-state index >= 15 is 4.79 Å². The lowest BCUT2D eigenvalue weighted by Crippen LogP contribution is -2.70. The largest absolute Gasteiger partial charge is 0.487 e. The number of aliphatic hydroxyl groups is 2. The van der Waals surface area contributed by atoms with Gasteiger partial charge in [-0.3, -0.25) is 30.0 Å². The first-order valence-corrected chi connectivity index (χ1v) is 26.2. The second-order valence-electron chi connectivity index (χ2n) is 19.8. The Hall–Kier alpha value is -8.05. The molecule has 2 heterocycles. The molecule has 398 valence electrons. The fourth-order valence-corrected chi connectivity index (χ4v) is 11.4. The lowest BCUT2D eigenvalue weighted by atomic mass is 9.55. The van der Waals surface area contributed by atoms with E-state index in [4.69, 9.17) is 24.2 Å². The molecule has 0 bridgehead atoms. The van der Waals surface area contributed by atoms with Crippen molar-refractivity contribution in [2.24, 2.45) is 22.9 Å². The highest BCUT2D eigenvalue weighted by atomic mass is 16.7. The number of aromatic nitrogens is 1. The summed E-state index contributed by atoms with van der Waals surface area (Å²) in [5, 5.41) is 50.2. The Kier molecular flexibility index (Phi) is 17.3. The topological polar surface area (TPSA) is 209 Å². The minimum atomic E-state index is -1.60. The molecule has 5 aromatic carbocycles. The predicted octanol–water partition coefficient (Wildman–Crippen LogP) is 11.5.